The summed E-state index contributed by atoms with van der Waals surface area (Å²) in [5.41, 5.74) is 3.60. The number of aromatic nitrogens is 3. The molecule has 6 heteroatoms. The maximum absolute atomic E-state index is 11.8. The highest BCUT2D eigenvalue weighted by molar-refractivity contribution is 5.95. The first kappa shape index (κ1) is 14.2. The maximum atomic E-state index is 11.8. The van der Waals surface area contributed by atoms with Crippen LogP contribution in [0.5, 0.6) is 0 Å². The average molecular weight is 273 g/mol. The minimum atomic E-state index is -0.297. The lowest BCUT2D eigenvalue weighted by molar-refractivity contribution is 0.0952. The molecule has 1 aromatic carbocycles. The Morgan fingerprint density at radius 3 is 2.70 bits per heavy atom. The summed E-state index contributed by atoms with van der Waals surface area (Å²) in [6.07, 6.45) is 1.60. The van der Waals surface area contributed by atoms with Gasteiger partial charge in [-0.3, -0.25) is 10.2 Å². The zero-order valence-electron chi connectivity index (χ0n) is 11.8. The Morgan fingerprint density at radius 2 is 2.05 bits per heavy atom. The van der Waals surface area contributed by atoms with Crippen LogP contribution in [0.2, 0.25) is 0 Å². The van der Waals surface area contributed by atoms with Crippen LogP contribution in [0.15, 0.2) is 24.3 Å². The van der Waals surface area contributed by atoms with Crippen LogP contribution in [0, 0.1) is 0 Å². The molecule has 0 saturated carbocycles. The van der Waals surface area contributed by atoms with Gasteiger partial charge in [-0.05, 0) is 11.6 Å². The summed E-state index contributed by atoms with van der Waals surface area (Å²) in [6.45, 7) is 4.58. The molecule has 2 aromatic rings. The SMILES string of the molecule is CCc1nc(CC)n(Cc2ccccc2C(=O)NN)n1. The van der Waals surface area contributed by atoms with Crippen molar-refractivity contribution in [1.29, 1.82) is 0 Å². The Morgan fingerprint density at radius 1 is 1.30 bits per heavy atom. The van der Waals surface area contributed by atoms with Gasteiger partial charge in [-0.15, -0.1) is 0 Å². The minimum Gasteiger partial charge on any atom is -0.290 e. The zero-order valence-corrected chi connectivity index (χ0v) is 11.8. The molecule has 0 aliphatic rings. The number of nitrogens with one attached hydrogen (secondary N) is 1. The van der Waals surface area contributed by atoms with Crippen molar-refractivity contribution < 1.29 is 4.79 Å². The third kappa shape index (κ3) is 2.85. The number of hydrazine groups is 1. The Balaban J connectivity index is 2.35. The van der Waals surface area contributed by atoms with Crippen molar-refractivity contribution in [3.63, 3.8) is 0 Å². The third-order valence-corrected chi connectivity index (χ3v) is 3.14. The van der Waals surface area contributed by atoms with Gasteiger partial charge in [0.05, 0.1) is 6.54 Å². The van der Waals surface area contributed by atoms with Crippen molar-refractivity contribution in [1.82, 2.24) is 20.2 Å². The number of hydrogen-bond acceptors (Lipinski definition) is 4. The molecule has 0 bridgehead atoms. The number of nitrogens with two attached hydrogens (primary N) is 1. The number of nitrogens with zero attached hydrogens (tertiary/aromatic N) is 3. The number of benzene rings is 1. The quantitative estimate of drug-likeness (QED) is 0.484. The van der Waals surface area contributed by atoms with E-state index in [0.717, 1.165) is 30.1 Å². The van der Waals surface area contributed by atoms with Gasteiger partial charge in [0.1, 0.15) is 5.82 Å². The van der Waals surface area contributed by atoms with Crippen molar-refractivity contribution in [2.75, 3.05) is 0 Å². The molecule has 0 radical (unpaired) electrons. The molecule has 106 valence electrons. The van der Waals surface area contributed by atoms with Crippen LogP contribution in [-0.2, 0) is 19.4 Å². The summed E-state index contributed by atoms with van der Waals surface area (Å²) in [6, 6.07) is 7.36. The molecule has 0 atom stereocenters. The molecule has 0 aliphatic heterocycles. The molecule has 0 spiro atoms. The third-order valence-electron chi connectivity index (χ3n) is 3.14. The predicted molar refractivity (Wildman–Crippen MR) is 76.0 cm³/mol. The van der Waals surface area contributed by atoms with Crippen LogP contribution >= 0.6 is 0 Å². The van der Waals surface area contributed by atoms with E-state index in [1.165, 1.54) is 0 Å². The van der Waals surface area contributed by atoms with E-state index in [2.05, 4.69) is 15.5 Å². The molecule has 2 rings (SSSR count). The molecule has 0 saturated heterocycles. The van der Waals surface area contributed by atoms with E-state index in [1.807, 2.05) is 36.7 Å². The predicted octanol–water partition coefficient (Wildman–Crippen LogP) is 1.05. The first-order valence-electron chi connectivity index (χ1n) is 6.71. The van der Waals surface area contributed by atoms with Crippen molar-refractivity contribution in [3.05, 3.63) is 47.0 Å². The molecule has 1 heterocycles. The van der Waals surface area contributed by atoms with E-state index >= 15 is 0 Å². The lowest BCUT2D eigenvalue weighted by Gasteiger charge is -2.09. The lowest BCUT2D eigenvalue weighted by atomic mass is 10.1. The smallest absolute Gasteiger partial charge is 0.265 e. The van der Waals surface area contributed by atoms with Crippen molar-refractivity contribution in [2.45, 2.75) is 33.2 Å². The number of carbonyl (C=O) groups is 1. The van der Waals surface area contributed by atoms with Gasteiger partial charge in [0.15, 0.2) is 5.82 Å². The summed E-state index contributed by atoms with van der Waals surface area (Å²) >= 11 is 0. The van der Waals surface area contributed by atoms with Crippen LogP contribution in [0.25, 0.3) is 0 Å². The number of rotatable bonds is 5. The molecule has 3 N–H and O–H groups in total. The van der Waals surface area contributed by atoms with Crippen LogP contribution in [0.1, 0.15) is 41.4 Å². The molecule has 0 aliphatic carbocycles. The monoisotopic (exact) mass is 273 g/mol. The summed E-state index contributed by atoms with van der Waals surface area (Å²) < 4.78 is 1.85. The average Bonchev–Trinajstić information content (AvgIpc) is 2.89. The molecule has 0 unspecified atom stereocenters. The van der Waals surface area contributed by atoms with Gasteiger partial charge in [0, 0.05) is 18.4 Å². The van der Waals surface area contributed by atoms with Crippen LogP contribution < -0.4 is 11.3 Å². The molecular weight excluding hydrogens is 254 g/mol. The van der Waals surface area contributed by atoms with Crippen LogP contribution in [-0.4, -0.2) is 20.7 Å². The lowest BCUT2D eigenvalue weighted by Crippen LogP contribution is -2.31. The Hall–Kier alpha value is -2.21. The Labute approximate surface area is 118 Å². The number of aryl methyl sites for hydroxylation is 2. The first-order valence-corrected chi connectivity index (χ1v) is 6.71. The van der Waals surface area contributed by atoms with Gasteiger partial charge in [0.2, 0.25) is 0 Å². The fourth-order valence-electron chi connectivity index (χ4n) is 2.08. The second-order valence-electron chi connectivity index (χ2n) is 4.44. The minimum absolute atomic E-state index is 0.297. The van der Waals surface area contributed by atoms with Gasteiger partial charge >= 0.3 is 0 Å². The van der Waals surface area contributed by atoms with Crippen molar-refractivity contribution in [3.8, 4) is 0 Å². The van der Waals surface area contributed by atoms with E-state index in [-0.39, 0.29) is 5.91 Å². The highest BCUT2D eigenvalue weighted by Gasteiger charge is 2.13. The topological polar surface area (TPSA) is 85.8 Å². The largest absolute Gasteiger partial charge is 0.290 e. The molecule has 1 aromatic heterocycles. The highest BCUT2D eigenvalue weighted by atomic mass is 16.2. The molecular formula is C14H19N5O. The van der Waals surface area contributed by atoms with Crippen molar-refractivity contribution >= 4 is 5.91 Å². The fourth-order valence-corrected chi connectivity index (χ4v) is 2.08. The van der Waals surface area contributed by atoms with Gasteiger partial charge in [-0.2, -0.15) is 5.10 Å². The second-order valence-corrected chi connectivity index (χ2v) is 4.44. The standard InChI is InChI=1S/C14H19N5O/c1-3-12-16-13(4-2)19(18-12)9-10-7-5-6-8-11(10)14(20)17-15/h5-8H,3-4,9,15H2,1-2H3,(H,17,20). The molecule has 6 nitrogen and oxygen atoms in total. The van der Waals surface area contributed by atoms with Crippen LogP contribution in [0.4, 0.5) is 0 Å². The van der Waals surface area contributed by atoms with Gasteiger partial charge in [0.25, 0.3) is 5.91 Å². The summed E-state index contributed by atoms with van der Waals surface area (Å²) in [4.78, 5) is 16.2. The van der Waals surface area contributed by atoms with E-state index in [0.29, 0.717) is 12.1 Å². The van der Waals surface area contributed by atoms with E-state index < -0.39 is 0 Å². The van der Waals surface area contributed by atoms with Crippen molar-refractivity contribution in [2.24, 2.45) is 5.84 Å². The van der Waals surface area contributed by atoms with Gasteiger partial charge < -0.3 is 0 Å². The maximum Gasteiger partial charge on any atom is 0.265 e. The molecule has 0 fully saturated rings. The Bertz CT molecular complexity index is 605. The zero-order chi connectivity index (χ0) is 14.5. The van der Waals surface area contributed by atoms with E-state index in [9.17, 15) is 4.79 Å². The first-order chi connectivity index (χ1) is 9.69. The van der Waals surface area contributed by atoms with Crippen LogP contribution in [0.3, 0.4) is 0 Å². The Kier molecular flexibility index (Phi) is 4.47. The number of carbonyl (C=O) groups excluding carboxylic acids is 1. The highest BCUT2D eigenvalue weighted by Crippen LogP contribution is 2.12. The fraction of sp³-hybridized carbons (Fsp3) is 0.357. The van der Waals surface area contributed by atoms with Gasteiger partial charge in [-0.25, -0.2) is 15.5 Å². The van der Waals surface area contributed by atoms with E-state index in [4.69, 9.17) is 5.84 Å². The summed E-state index contributed by atoms with van der Waals surface area (Å²) in [7, 11) is 0. The number of nitrogen functional groups attached to an aromatic ring is 1. The normalized spacial score (nSPS) is 10.6. The summed E-state index contributed by atoms with van der Waals surface area (Å²) in [5.74, 6) is 6.66. The molecule has 20 heavy (non-hydrogen) atoms. The molecule has 1 amide bonds. The second kappa shape index (κ2) is 6.29. The number of hydrogen-bond donors (Lipinski definition) is 2. The summed E-state index contributed by atoms with van der Waals surface area (Å²) in [5, 5.41) is 4.46. The number of amides is 1. The van der Waals surface area contributed by atoms with Gasteiger partial charge in [-0.1, -0.05) is 32.0 Å². The van der Waals surface area contributed by atoms with E-state index in [1.54, 1.807) is 6.07 Å².